The van der Waals surface area contributed by atoms with Crippen LogP contribution in [0.4, 0.5) is 5.95 Å². The summed E-state index contributed by atoms with van der Waals surface area (Å²) in [7, 11) is 0. The van der Waals surface area contributed by atoms with Gasteiger partial charge in [-0.1, -0.05) is 0 Å². The molecule has 0 aliphatic rings. The van der Waals surface area contributed by atoms with Crippen molar-refractivity contribution in [1.29, 1.82) is 0 Å². The third kappa shape index (κ3) is 5.42. The summed E-state index contributed by atoms with van der Waals surface area (Å²) in [6, 6.07) is 0. The molecule has 0 atom stereocenters. The van der Waals surface area contributed by atoms with Crippen molar-refractivity contribution >= 4 is 17.1 Å². The maximum atomic E-state index is 5.91. The maximum Gasteiger partial charge on any atom is 0.222 e. The first-order chi connectivity index (χ1) is 11.0. The lowest BCUT2D eigenvalue weighted by Crippen LogP contribution is -2.29. The number of hydrogen-bond acceptors (Lipinski definition) is 7. The van der Waals surface area contributed by atoms with Crippen LogP contribution in [0.2, 0.25) is 0 Å². The number of fused-ring (bicyclic) bond motifs is 1. The molecule has 2 N–H and O–H groups in total. The molecule has 0 unspecified atom stereocenters. The van der Waals surface area contributed by atoms with Crippen molar-refractivity contribution in [2.45, 2.75) is 52.7 Å². The highest BCUT2D eigenvalue weighted by Gasteiger charge is 2.14. The van der Waals surface area contributed by atoms with E-state index in [9.17, 15) is 0 Å². The van der Waals surface area contributed by atoms with Crippen molar-refractivity contribution in [2.75, 3.05) is 18.9 Å². The summed E-state index contributed by atoms with van der Waals surface area (Å²) in [6.07, 6.45) is 3.36. The van der Waals surface area contributed by atoms with E-state index in [0.717, 1.165) is 0 Å². The van der Waals surface area contributed by atoms with Crippen LogP contribution in [0, 0.1) is 0 Å². The van der Waals surface area contributed by atoms with Gasteiger partial charge >= 0.3 is 0 Å². The quantitative estimate of drug-likeness (QED) is 0.748. The second-order valence-corrected chi connectivity index (χ2v) is 5.83. The number of nitrogen functional groups attached to an aromatic ring is 1. The summed E-state index contributed by atoms with van der Waals surface area (Å²) >= 11 is 0. The largest absolute Gasteiger partial charge is 0.376 e. The zero-order valence-electron chi connectivity index (χ0n) is 14.1. The van der Waals surface area contributed by atoms with Crippen molar-refractivity contribution < 1.29 is 14.2 Å². The lowest BCUT2D eigenvalue weighted by atomic mass is 10.3. The van der Waals surface area contributed by atoms with Crippen molar-refractivity contribution in [3.63, 3.8) is 0 Å². The summed E-state index contributed by atoms with van der Waals surface area (Å²) in [5.41, 5.74) is 6.95. The van der Waals surface area contributed by atoms with E-state index < -0.39 is 0 Å². The summed E-state index contributed by atoms with van der Waals surface area (Å²) in [5, 5.41) is 0. The van der Waals surface area contributed by atoms with E-state index in [2.05, 4.69) is 15.0 Å². The fourth-order valence-corrected chi connectivity index (χ4v) is 1.89. The molecule has 2 rings (SSSR count). The molecule has 128 valence electrons. The van der Waals surface area contributed by atoms with Gasteiger partial charge in [-0.15, -0.1) is 0 Å². The fourth-order valence-electron chi connectivity index (χ4n) is 1.89. The molecule has 8 heteroatoms. The molecule has 0 amide bonds. The molecule has 0 spiro atoms. The van der Waals surface area contributed by atoms with Crippen molar-refractivity contribution in [3.05, 3.63) is 12.5 Å². The Morgan fingerprint density at radius 3 is 2.30 bits per heavy atom. The van der Waals surface area contributed by atoms with Crippen LogP contribution >= 0.6 is 0 Å². The van der Waals surface area contributed by atoms with E-state index in [1.807, 2.05) is 27.7 Å². The van der Waals surface area contributed by atoms with Crippen molar-refractivity contribution in [2.24, 2.45) is 0 Å². The minimum atomic E-state index is -0.170. The van der Waals surface area contributed by atoms with Gasteiger partial charge in [-0.3, -0.25) is 4.57 Å². The van der Waals surface area contributed by atoms with E-state index in [4.69, 9.17) is 19.9 Å². The average molecular weight is 323 g/mol. The topological polar surface area (TPSA) is 97.3 Å². The van der Waals surface area contributed by atoms with E-state index in [-0.39, 0.29) is 24.3 Å². The van der Waals surface area contributed by atoms with Gasteiger partial charge in [0.25, 0.3) is 0 Å². The molecule has 2 aromatic heterocycles. The Bertz CT molecular complexity index is 602. The van der Waals surface area contributed by atoms with Crippen LogP contribution in [-0.2, 0) is 20.9 Å². The van der Waals surface area contributed by atoms with Gasteiger partial charge in [0.05, 0.1) is 37.9 Å². The lowest BCUT2D eigenvalue weighted by Gasteiger charge is -2.21. The summed E-state index contributed by atoms with van der Waals surface area (Å²) < 4.78 is 19.0. The number of anilines is 1. The third-order valence-corrected chi connectivity index (χ3v) is 3.06. The minimum Gasteiger partial charge on any atom is -0.376 e. The van der Waals surface area contributed by atoms with Gasteiger partial charge in [0, 0.05) is 0 Å². The second kappa shape index (κ2) is 8.19. The van der Waals surface area contributed by atoms with E-state index in [0.29, 0.717) is 31.1 Å². The number of imidazole rings is 1. The van der Waals surface area contributed by atoms with Crippen LogP contribution in [0.5, 0.6) is 0 Å². The zero-order valence-corrected chi connectivity index (χ0v) is 14.1. The van der Waals surface area contributed by atoms with E-state index in [1.165, 1.54) is 0 Å². The molecular weight excluding hydrogens is 298 g/mol. The molecule has 0 aromatic carbocycles. The number of hydrogen-bond donors (Lipinski definition) is 1. The molecule has 2 heterocycles. The van der Waals surface area contributed by atoms with Crippen LogP contribution in [0.25, 0.3) is 11.2 Å². The molecule has 0 aliphatic heterocycles. The van der Waals surface area contributed by atoms with Crippen molar-refractivity contribution in [3.8, 4) is 0 Å². The first-order valence-electron chi connectivity index (χ1n) is 7.74. The van der Waals surface area contributed by atoms with E-state index in [1.54, 1.807) is 17.1 Å². The highest BCUT2D eigenvalue weighted by molar-refractivity contribution is 5.70. The van der Waals surface area contributed by atoms with Crippen LogP contribution in [0.1, 0.15) is 27.7 Å². The van der Waals surface area contributed by atoms with Gasteiger partial charge in [-0.05, 0) is 27.7 Å². The van der Waals surface area contributed by atoms with Crippen LogP contribution in [0.3, 0.4) is 0 Å². The molecule has 0 saturated heterocycles. The molecule has 0 fully saturated rings. The SMILES string of the molecule is CC(C)OCC(COC(C)C)OCn1cnc2cnc(N)nc21. The molecular formula is C15H25N5O3. The number of rotatable bonds is 9. The Morgan fingerprint density at radius 1 is 1.04 bits per heavy atom. The molecule has 2 aromatic rings. The Balaban J connectivity index is 1.98. The van der Waals surface area contributed by atoms with E-state index >= 15 is 0 Å². The van der Waals surface area contributed by atoms with Gasteiger partial charge in [-0.25, -0.2) is 9.97 Å². The van der Waals surface area contributed by atoms with Crippen molar-refractivity contribution in [1.82, 2.24) is 19.5 Å². The monoisotopic (exact) mass is 323 g/mol. The van der Waals surface area contributed by atoms with Gasteiger partial charge in [0.2, 0.25) is 5.95 Å². The first kappa shape index (κ1) is 17.6. The highest BCUT2D eigenvalue weighted by atomic mass is 16.6. The first-order valence-corrected chi connectivity index (χ1v) is 7.74. The Labute approximate surface area is 136 Å². The summed E-state index contributed by atoms with van der Waals surface area (Å²) in [4.78, 5) is 12.3. The van der Waals surface area contributed by atoms with Crippen LogP contribution < -0.4 is 5.73 Å². The Hall–Kier alpha value is -1.77. The van der Waals surface area contributed by atoms with Crippen LogP contribution in [0.15, 0.2) is 12.5 Å². The van der Waals surface area contributed by atoms with Gasteiger partial charge in [-0.2, -0.15) is 4.98 Å². The molecule has 8 nitrogen and oxygen atoms in total. The Kier molecular flexibility index (Phi) is 6.26. The molecule has 0 saturated carbocycles. The number of aromatic nitrogens is 4. The summed E-state index contributed by atoms with van der Waals surface area (Å²) in [6.45, 7) is 9.18. The number of nitrogens with zero attached hydrogens (tertiary/aromatic N) is 4. The highest BCUT2D eigenvalue weighted by Crippen LogP contribution is 2.11. The standard InChI is InChI=1S/C15H25N5O3/c1-10(2)21-6-12(7-22-11(3)4)23-9-20-8-18-13-5-17-15(16)19-14(13)20/h5,8,10-12H,6-7,9H2,1-4H3,(H2,16,17,19). The zero-order chi connectivity index (χ0) is 16.8. The molecule has 23 heavy (non-hydrogen) atoms. The number of ether oxygens (including phenoxy) is 3. The lowest BCUT2D eigenvalue weighted by molar-refractivity contribution is -0.0988. The Morgan fingerprint density at radius 2 is 1.70 bits per heavy atom. The van der Waals surface area contributed by atoms with Crippen LogP contribution in [-0.4, -0.2) is 51.0 Å². The van der Waals surface area contributed by atoms with Gasteiger partial charge in [0.1, 0.15) is 18.4 Å². The minimum absolute atomic E-state index is 0.141. The number of nitrogens with two attached hydrogens (primary N) is 1. The van der Waals surface area contributed by atoms with Gasteiger partial charge in [0.15, 0.2) is 5.65 Å². The van der Waals surface area contributed by atoms with Gasteiger partial charge < -0.3 is 19.9 Å². The fraction of sp³-hybridized carbons (Fsp3) is 0.667. The second-order valence-electron chi connectivity index (χ2n) is 5.83. The molecule has 0 bridgehead atoms. The summed E-state index contributed by atoms with van der Waals surface area (Å²) in [5.74, 6) is 0.210. The molecule has 0 aliphatic carbocycles. The maximum absolute atomic E-state index is 5.91. The predicted octanol–water partition coefficient (Wildman–Crippen LogP) is 1.60. The normalized spacial score (nSPS) is 12.1. The third-order valence-electron chi connectivity index (χ3n) is 3.06. The smallest absolute Gasteiger partial charge is 0.222 e. The predicted molar refractivity (Wildman–Crippen MR) is 86.8 cm³/mol. The molecule has 0 radical (unpaired) electrons. The average Bonchev–Trinajstić information content (AvgIpc) is 2.88.